The molecule has 0 saturated heterocycles. The summed E-state index contributed by atoms with van der Waals surface area (Å²) in [6.45, 7) is 5.36. The predicted octanol–water partition coefficient (Wildman–Crippen LogP) is 2.37. The molecule has 21 heavy (non-hydrogen) atoms. The lowest BCUT2D eigenvalue weighted by Crippen LogP contribution is -2.42. The number of benzene rings is 1. The summed E-state index contributed by atoms with van der Waals surface area (Å²) in [6.07, 6.45) is 0.733. The molecule has 1 atom stereocenters. The largest absolute Gasteiger partial charge is 0.335 e. The summed E-state index contributed by atoms with van der Waals surface area (Å²) in [7, 11) is 0. The van der Waals surface area contributed by atoms with Crippen LogP contribution in [0.15, 0.2) is 30.3 Å². The van der Waals surface area contributed by atoms with Crippen LogP contribution in [0, 0.1) is 6.92 Å². The molecule has 2 N–H and O–H groups in total. The van der Waals surface area contributed by atoms with Crippen molar-refractivity contribution < 1.29 is 4.79 Å². The van der Waals surface area contributed by atoms with Crippen LogP contribution in [0.5, 0.6) is 0 Å². The molecule has 5 nitrogen and oxygen atoms in total. The van der Waals surface area contributed by atoms with Gasteiger partial charge in [0.05, 0.1) is 5.69 Å². The van der Waals surface area contributed by atoms with Crippen LogP contribution < -0.4 is 5.32 Å². The van der Waals surface area contributed by atoms with Crippen molar-refractivity contribution >= 4 is 6.03 Å². The number of hydrogen-bond acceptors (Lipinski definition) is 2. The van der Waals surface area contributed by atoms with Gasteiger partial charge >= 0.3 is 6.03 Å². The Morgan fingerprint density at radius 2 is 2.05 bits per heavy atom. The number of amides is 2. The van der Waals surface area contributed by atoms with Gasteiger partial charge in [-0.25, -0.2) is 4.79 Å². The Kier molecular flexibility index (Phi) is 3.64. The lowest BCUT2D eigenvalue weighted by Gasteiger charge is -2.20. The molecule has 0 unspecified atom stereocenters. The number of fused-ring (bicyclic) bond motifs is 1. The number of nitrogens with zero attached hydrogens (tertiary/aromatic N) is 2. The maximum Gasteiger partial charge on any atom is 0.318 e. The third kappa shape index (κ3) is 3.07. The average Bonchev–Trinajstić information content (AvgIpc) is 3.04. The van der Waals surface area contributed by atoms with Crippen LogP contribution in [-0.2, 0) is 19.5 Å². The van der Waals surface area contributed by atoms with Crippen molar-refractivity contribution in [2.45, 2.75) is 39.4 Å². The number of aromatic nitrogens is 2. The van der Waals surface area contributed by atoms with E-state index in [1.807, 2.05) is 36.9 Å². The van der Waals surface area contributed by atoms with Crippen LogP contribution >= 0.6 is 0 Å². The Hall–Kier alpha value is -2.30. The molecule has 1 aromatic carbocycles. The van der Waals surface area contributed by atoms with Gasteiger partial charge in [-0.1, -0.05) is 24.3 Å². The number of rotatable bonds is 3. The summed E-state index contributed by atoms with van der Waals surface area (Å²) in [5, 5.41) is 10.2. The number of hydrogen-bond donors (Lipinski definition) is 2. The highest BCUT2D eigenvalue weighted by molar-refractivity contribution is 5.75. The minimum Gasteiger partial charge on any atom is -0.335 e. The number of aryl methyl sites for hydroxylation is 1. The number of nitrogens with one attached hydrogen (secondary N) is 2. The molecule has 0 fully saturated rings. The van der Waals surface area contributed by atoms with Gasteiger partial charge in [0, 0.05) is 31.2 Å². The van der Waals surface area contributed by atoms with E-state index in [1.54, 1.807) is 0 Å². The number of carbonyl (C=O) groups is 1. The number of carbonyl (C=O) groups excluding carboxylic acids is 1. The highest BCUT2D eigenvalue weighted by Gasteiger charge is 2.23. The van der Waals surface area contributed by atoms with Gasteiger partial charge in [-0.15, -0.1) is 0 Å². The SMILES string of the molecule is Cc1cc(C[C@@H](C)NC(=O)N2Cc3ccccc3C2)n[nH]1. The molecule has 0 radical (unpaired) electrons. The second-order valence-corrected chi connectivity index (χ2v) is 5.72. The van der Waals surface area contributed by atoms with Gasteiger partial charge in [0.25, 0.3) is 0 Å². The van der Waals surface area contributed by atoms with Gasteiger partial charge in [-0.2, -0.15) is 5.10 Å². The summed E-state index contributed by atoms with van der Waals surface area (Å²) in [4.78, 5) is 14.2. The smallest absolute Gasteiger partial charge is 0.318 e. The van der Waals surface area contributed by atoms with Gasteiger partial charge in [-0.3, -0.25) is 5.10 Å². The summed E-state index contributed by atoms with van der Waals surface area (Å²) in [5.41, 5.74) is 4.50. The lowest BCUT2D eigenvalue weighted by atomic mass is 10.1. The second kappa shape index (κ2) is 5.60. The third-order valence-corrected chi connectivity index (χ3v) is 3.77. The van der Waals surface area contributed by atoms with Crippen LogP contribution in [-0.4, -0.2) is 27.2 Å². The molecule has 0 saturated carbocycles. The van der Waals surface area contributed by atoms with E-state index in [0.717, 1.165) is 17.8 Å². The molecule has 110 valence electrons. The molecular formula is C16H20N4O. The predicted molar refractivity (Wildman–Crippen MR) is 80.7 cm³/mol. The fraction of sp³-hybridized carbons (Fsp3) is 0.375. The van der Waals surface area contributed by atoms with Crippen LogP contribution in [0.25, 0.3) is 0 Å². The average molecular weight is 284 g/mol. The first kappa shape index (κ1) is 13.7. The van der Waals surface area contributed by atoms with Crippen LogP contribution in [0.2, 0.25) is 0 Å². The van der Waals surface area contributed by atoms with E-state index < -0.39 is 0 Å². The Labute approximate surface area is 124 Å². The first-order chi connectivity index (χ1) is 10.1. The van der Waals surface area contributed by atoms with Crippen molar-refractivity contribution in [1.82, 2.24) is 20.4 Å². The van der Waals surface area contributed by atoms with Crippen molar-refractivity contribution in [3.05, 3.63) is 52.8 Å². The molecule has 1 aliphatic rings. The normalized spacial score (nSPS) is 14.9. The Bertz CT molecular complexity index is 624. The fourth-order valence-electron chi connectivity index (χ4n) is 2.72. The standard InChI is InChI=1S/C16H20N4O/c1-11(7-15-8-12(2)18-19-15)17-16(21)20-9-13-5-3-4-6-14(13)10-20/h3-6,8,11H,7,9-10H2,1-2H3,(H,17,21)(H,18,19)/t11-/m1/s1. The van der Waals surface area contributed by atoms with E-state index in [-0.39, 0.29) is 12.1 Å². The van der Waals surface area contributed by atoms with E-state index in [1.165, 1.54) is 11.1 Å². The zero-order valence-electron chi connectivity index (χ0n) is 12.4. The lowest BCUT2D eigenvalue weighted by molar-refractivity contribution is 0.195. The van der Waals surface area contributed by atoms with Crippen LogP contribution in [0.4, 0.5) is 4.79 Å². The molecule has 0 bridgehead atoms. The van der Waals surface area contributed by atoms with Crippen molar-refractivity contribution in [2.24, 2.45) is 0 Å². The third-order valence-electron chi connectivity index (χ3n) is 3.77. The highest BCUT2D eigenvalue weighted by Crippen LogP contribution is 2.22. The molecule has 0 aliphatic carbocycles. The monoisotopic (exact) mass is 284 g/mol. The summed E-state index contributed by atoms with van der Waals surface area (Å²) < 4.78 is 0. The fourth-order valence-corrected chi connectivity index (χ4v) is 2.72. The molecule has 0 spiro atoms. The van der Waals surface area contributed by atoms with Crippen molar-refractivity contribution in [2.75, 3.05) is 0 Å². The molecular weight excluding hydrogens is 264 g/mol. The highest BCUT2D eigenvalue weighted by atomic mass is 16.2. The van der Waals surface area contributed by atoms with Crippen LogP contribution in [0.3, 0.4) is 0 Å². The Morgan fingerprint density at radius 1 is 1.38 bits per heavy atom. The second-order valence-electron chi connectivity index (χ2n) is 5.72. The minimum absolute atomic E-state index is 0.00837. The van der Waals surface area contributed by atoms with Crippen molar-refractivity contribution in [3.8, 4) is 0 Å². The summed E-state index contributed by atoms with van der Waals surface area (Å²) in [5.74, 6) is 0. The van der Waals surface area contributed by atoms with Gasteiger partial charge in [-0.05, 0) is 31.0 Å². The molecule has 2 amide bonds. The molecule has 5 heteroatoms. The molecule has 3 rings (SSSR count). The molecule has 2 heterocycles. The van der Waals surface area contributed by atoms with E-state index >= 15 is 0 Å². The molecule has 1 aliphatic heterocycles. The first-order valence-corrected chi connectivity index (χ1v) is 7.25. The Balaban J connectivity index is 1.55. The first-order valence-electron chi connectivity index (χ1n) is 7.25. The minimum atomic E-state index is -0.00837. The van der Waals surface area contributed by atoms with Crippen molar-refractivity contribution in [3.63, 3.8) is 0 Å². The van der Waals surface area contributed by atoms with Gasteiger partial charge < -0.3 is 10.2 Å². The maximum absolute atomic E-state index is 12.3. The topological polar surface area (TPSA) is 61.0 Å². The summed E-state index contributed by atoms with van der Waals surface area (Å²) >= 11 is 0. The van der Waals surface area contributed by atoms with Crippen molar-refractivity contribution in [1.29, 1.82) is 0 Å². The quantitative estimate of drug-likeness (QED) is 0.909. The van der Waals surface area contributed by atoms with Gasteiger partial charge in [0.1, 0.15) is 0 Å². The zero-order valence-corrected chi connectivity index (χ0v) is 12.4. The van der Waals surface area contributed by atoms with E-state index in [9.17, 15) is 4.79 Å². The number of H-pyrrole nitrogens is 1. The maximum atomic E-state index is 12.3. The van der Waals surface area contributed by atoms with E-state index in [0.29, 0.717) is 13.1 Å². The number of urea groups is 1. The number of aromatic amines is 1. The van der Waals surface area contributed by atoms with Gasteiger partial charge in [0.2, 0.25) is 0 Å². The molecule has 2 aromatic rings. The Morgan fingerprint density at radius 3 is 2.62 bits per heavy atom. The summed E-state index contributed by atoms with van der Waals surface area (Å²) in [6, 6.07) is 10.3. The van der Waals surface area contributed by atoms with Gasteiger partial charge in [0.15, 0.2) is 0 Å². The molecule has 1 aromatic heterocycles. The van der Waals surface area contributed by atoms with E-state index in [2.05, 4.69) is 27.6 Å². The van der Waals surface area contributed by atoms with Crippen LogP contribution in [0.1, 0.15) is 29.4 Å². The van der Waals surface area contributed by atoms with E-state index in [4.69, 9.17) is 0 Å². The zero-order chi connectivity index (χ0) is 14.8.